The van der Waals surface area contributed by atoms with Crippen molar-refractivity contribution in [2.45, 2.75) is 64.6 Å². The lowest BCUT2D eigenvalue weighted by Gasteiger charge is -2.40. The van der Waals surface area contributed by atoms with Gasteiger partial charge in [-0.05, 0) is 25.2 Å². The average Bonchev–Trinajstić information content (AvgIpc) is 3.06. The van der Waals surface area contributed by atoms with Crippen LogP contribution in [0.3, 0.4) is 0 Å². The van der Waals surface area contributed by atoms with Crippen molar-refractivity contribution in [3.63, 3.8) is 0 Å². The third-order valence-electron chi connectivity index (χ3n) is 6.03. The van der Waals surface area contributed by atoms with Gasteiger partial charge in [-0.3, -0.25) is 13.9 Å². The van der Waals surface area contributed by atoms with Gasteiger partial charge < -0.3 is 14.6 Å². The molecular weight excluding hydrogens is 346 g/mol. The summed E-state index contributed by atoms with van der Waals surface area (Å²) in [6, 6.07) is 0.464. The fourth-order valence-corrected chi connectivity index (χ4v) is 4.67. The number of anilines is 1. The summed E-state index contributed by atoms with van der Waals surface area (Å²) < 4.78 is 4.73. The van der Waals surface area contributed by atoms with Crippen LogP contribution >= 0.6 is 0 Å². The molecule has 2 aliphatic rings. The van der Waals surface area contributed by atoms with Gasteiger partial charge in [0, 0.05) is 39.3 Å². The lowest BCUT2D eigenvalue weighted by atomic mass is 9.93. The molecule has 0 aromatic carbocycles. The van der Waals surface area contributed by atoms with Crippen LogP contribution in [-0.4, -0.2) is 43.0 Å². The standard InChI is InChI=1S/C19H29N5O3/c1-13-11-23(14-7-4-3-5-8-14)18-20-16-15(24(18)12-13)17(26)22(9-6-10-25)19(27)21(16)2/h13-14,25H,3-12H2,1-2H3/t13-/m0/s1. The Labute approximate surface area is 158 Å². The van der Waals surface area contributed by atoms with E-state index in [2.05, 4.69) is 11.8 Å². The molecule has 2 aromatic heterocycles. The fraction of sp³-hybridized carbons (Fsp3) is 0.737. The van der Waals surface area contributed by atoms with E-state index in [9.17, 15) is 9.59 Å². The summed E-state index contributed by atoms with van der Waals surface area (Å²) in [4.78, 5) is 32.9. The second-order valence-corrected chi connectivity index (χ2v) is 8.12. The number of nitrogens with zero attached hydrogens (tertiary/aromatic N) is 5. The fourth-order valence-electron chi connectivity index (χ4n) is 4.67. The normalized spacial score (nSPS) is 21.0. The van der Waals surface area contributed by atoms with Crippen molar-refractivity contribution in [1.82, 2.24) is 18.7 Å². The minimum atomic E-state index is -0.367. The summed E-state index contributed by atoms with van der Waals surface area (Å²) >= 11 is 0. The zero-order chi connectivity index (χ0) is 19.1. The first-order chi connectivity index (χ1) is 13.0. The van der Waals surface area contributed by atoms with Gasteiger partial charge in [0.1, 0.15) is 0 Å². The third kappa shape index (κ3) is 2.99. The van der Waals surface area contributed by atoms with E-state index in [1.165, 1.54) is 28.4 Å². The van der Waals surface area contributed by atoms with E-state index >= 15 is 0 Å². The number of aryl methyl sites for hydroxylation is 1. The molecule has 1 atom stereocenters. The molecule has 148 valence electrons. The molecule has 1 saturated carbocycles. The highest BCUT2D eigenvalue weighted by Gasteiger charge is 2.33. The monoisotopic (exact) mass is 375 g/mol. The molecule has 1 N–H and O–H groups in total. The first kappa shape index (κ1) is 18.3. The van der Waals surface area contributed by atoms with Gasteiger partial charge in [0.25, 0.3) is 5.56 Å². The van der Waals surface area contributed by atoms with Crippen molar-refractivity contribution in [3.8, 4) is 0 Å². The van der Waals surface area contributed by atoms with E-state index in [1.807, 2.05) is 4.57 Å². The molecule has 8 nitrogen and oxygen atoms in total. The molecule has 0 bridgehead atoms. The lowest BCUT2D eigenvalue weighted by molar-refractivity contribution is 0.277. The van der Waals surface area contributed by atoms with Crippen molar-refractivity contribution in [1.29, 1.82) is 0 Å². The average molecular weight is 375 g/mol. The number of hydrogen-bond donors (Lipinski definition) is 1. The third-order valence-corrected chi connectivity index (χ3v) is 6.03. The number of aromatic nitrogens is 4. The minimum Gasteiger partial charge on any atom is -0.396 e. The van der Waals surface area contributed by atoms with Gasteiger partial charge >= 0.3 is 5.69 Å². The highest BCUT2D eigenvalue weighted by atomic mass is 16.3. The maximum absolute atomic E-state index is 13.1. The number of fused-ring (bicyclic) bond motifs is 3. The summed E-state index contributed by atoms with van der Waals surface area (Å²) in [6.07, 6.45) is 6.47. The smallest absolute Gasteiger partial charge is 0.332 e. The van der Waals surface area contributed by atoms with Crippen molar-refractivity contribution < 1.29 is 5.11 Å². The zero-order valence-electron chi connectivity index (χ0n) is 16.2. The van der Waals surface area contributed by atoms with Gasteiger partial charge in [-0.1, -0.05) is 26.2 Å². The van der Waals surface area contributed by atoms with E-state index in [1.54, 1.807) is 7.05 Å². The molecule has 8 heteroatoms. The topological polar surface area (TPSA) is 85.3 Å². The molecule has 0 amide bonds. The number of hydrogen-bond acceptors (Lipinski definition) is 5. The van der Waals surface area contributed by atoms with Crippen LogP contribution in [0.25, 0.3) is 11.2 Å². The Morgan fingerprint density at radius 1 is 1.15 bits per heavy atom. The van der Waals surface area contributed by atoms with Gasteiger partial charge in [-0.25, -0.2) is 4.79 Å². The molecule has 3 heterocycles. The molecule has 0 radical (unpaired) electrons. The van der Waals surface area contributed by atoms with Crippen LogP contribution in [-0.2, 0) is 20.1 Å². The summed E-state index contributed by atoms with van der Waals surface area (Å²) in [5.41, 5.74) is 0.319. The molecule has 1 aliphatic heterocycles. The predicted molar refractivity (Wildman–Crippen MR) is 104 cm³/mol. The molecule has 1 aliphatic carbocycles. The second kappa shape index (κ2) is 7.14. The first-order valence-electron chi connectivity index (χ1n) is 10.1. The van der Waals surface area contributed by atoms with E-state index in [0.717, 1.165) is 31.9 Å². The number of rotatable bonds is 4. The Morgan fingerprint density at radius 3 is 2.59 bits per heavy atom. The molecule has 2 aromatic rings. The molecular formula is C19H29N5O3. The first-order valence-corrected chi connectivity index (χ1v) is 10.1. The van der Waals surface area contributed by atoms with Gasteiger partial charge in [0.2, 0.25) is 5.95 Å². The van der Waals surface area contributed by atoms with E-state index in [-0.39, 0.29) is 24.4 Å². The van der Waals surface area contributed by atoms with Gasteiger partial charge in [0.15, 0.2) is 11.2 Å². The van der Waals surface area contributed by atoms with Crippen molar-refractivity contribution in [2.24, 2.45) is 13.0 Å². The van der Waals surface area contributed by atoms with Crippen LogP contribution < -0.4 is 16.1 Å². The molecule has 0 unspecified atom stereocenters. The maximum Gasteiger partial charge on any atom is 0.332 e. The Hall–Kier alpha value is -2.09. The molecule has 1 fully saturated rings. The zero-order valence-corrected chi connectivity index (χ0v) is 16.2. The van der Waals surface area contributed by atoms with Crippen LogP contribution in [0.4, 0.5) is 5.95 Å². The number of aliphatic hydroxyl groups is 1. The lowest BCUT2D eigenvalue weighted by Crippen LogP contribution is -2.45. The Bertz CT molecular complexity index is 951. The number of imidazole rings is 1. The maximum atomic E-state index is 13.1. The molecule has 0 saturated heterocycles. The van der Waals surface area contributed by atoms with Gasteiger partial charge in [0.05, 0.1) is 0 Å². The van der Waals surface area contributed by atoms with Crippen LogP contribution in [0.5, 0.6) is 0 Å². The summed E-state index contributed by atoms with van der Waals surface area (Å²) in [7, 11) is 1.67. The SMILES string of the molecule is C[C@H]1CN(C2CCCCC2)c2nc3c(c(=O)n(CCCO)c(=O)n3C)n2C1. The predicted octanol–water partition coefficient (Wildman–Crippen LogP) is 1.07. The Balaban J connectivity index is 1.90. The van der Waals surface area contributed by atoms with E-state index in [4.69, 9.17) is 10.1 Å². The number of aliphatic hydroxyl groups excluding tert-OH is 1. The van der Waals surface area contributed by atoms with Gasteiger partial charge in [-0.2, -0.15) is 4.98 Å². The van der Waals surface area contributed by atoms with E-state index < -0.39 is 0 Å². The summed E-state index contributed by atoms with van der Waals surface area (Å²) in [6.45, 7) is 4.06. The van der Waals surface area contributed by atoms with Crippen molar-refractivity contribution in [2.75, 3.05) is 18.1 Å². The Morgan fingerprint density at radius 2 is 1.89 bits per heavy atom. The Kier molecular flexibility index (Phi) is 4.84. The second-order valence-electron chi connectivity index (χ2n) is 8.12. The molecule has 4 rings (SSSR count). The molecule has 0 spiro atoms. The van der Waals surface area contributed by atoms with Crippen LogP contribution in [0.2, 0.25) is 0 Å². The van der Waals surface area contributed by atoms with E-state index in [0.29, 0.717) is 29.5 Å². The van der Waals surface area contributed by atoms with Crippen LogP contribution in [0.1, 0.15) is 45.4 Å². The quantitative estimate of drug-likeness (QED) is 0.864. The van der Waals surface area contributed by atoms with Crippen molar-refractivity contribution in [3.05, 3.63) is 20.8 Å². The van der Waals surface area contributed by atoms with Crippen LogP contribution in [0.15, 0.2) is 9.59 Å². The summed E-state index contributed by atoms with van der Waals surface area (Å²) in [5.74, 6) is 1.25. The highest BCUT2D eigenvalue weighted by molar-refractivity contribution is 5.75. The highest BCUT2D eigenvalue weighted by Crippen LogP contribution is 2.32. The van der Waals surface area contributed by atoms with Gasteiger partial charge in [-0.15, -0.1) is 0 Å². The van der Waals surface area contributed by atoms with Crippen molar-refractivity contribution >= 4 is 17.1 Å². The largest absolute Gasteiger partial charge is 0.396 e. The van der Waals surface area contributed by atoms with Crippen LogP contribution in [0, 0.1) is 5.92 Å². The molecule has 27 heavy (non-hydrogen) atoms. The minimum absolute atomic E-state index is 0.0510. The summed E-state index contributed by atoms with van der Waals surface area (Å²) in [5, 5.41) is 9.11.